The van der Waals surface area contributed by atoms with Crippen molar-refractivity contribution in [3.63, 3.8) is 0 Å². The number of aromatic amines is 1. The van der Waals surface area contributed by atoms with E-state index in [0.29, 0.717) is 10.0 Å². The van der Waals surface area contributed by atoms with E-state index in [-0.39, 0.29) is 0 Å². The quantitative estimate of drug-likeness (QED) is 0.643. The molecule has 5 heteroatoms. The van der Waals surface area contributed by atoms with Crippen molar-refractivity contribution in [3.05, 3.63) is 35.9 Å². The topological polar surface area (TPSA) is 71.8 Å². The third-order valence-corrected chi connectivity index (χ3v) is 3.45. The third kappa shape index (κ3) is 1.53. The van der Waals surface area contributed by atoms with E-state index in [4.69, 9.17) is 5.73 Å². The Morgan fingerprint density at radius 3 is 2.82 bits per heavy atom. The van der Waals surface area contributed by atoms with Crippen molar-refractivity contribution in [2.24, 2.45) is 5.73 Å². The molecule has 2 radical (unpaired) electrons. The first-order valence-corrected chi connectivity index (χ1v) is 6.01. The minimum atomic E-state index is -0.458. The van der Waals surface area contributed by atoms with Gasteiger partial charge in [-0.3, -0.25) is 0 Å². The predicted molar refractivity (Wildman–Crippen MR) is 67.5 cm³/mol. The molecule has 2 aromatic heterocycles. The van der Waals surface area contributed by atoms with Crippen LogP contribution < -0.4 is 10.2 Å². The summed E-state index contributed by atoms with van der Waals surface area (Å²) in [6.07, 6.45) is 0. The van der Waals surface area contributed by atoms with Crippen molar-refractivity contribution < 1.29 is 4.79 Å². The van der Waals surface area contributed by atoms with Gasteiger partial charge in [-0.1, -0.05) is 0 Å². The Morgan fingerprint density at radius 1 is 1.29 bits per heavy atom. The molecule has 0 bridgehead atoms. The van der Waals surface area contributed by atoms with Crippen molar-refractivity contribution in [3.8, 4) is 0 Å². The van der Waals surface area contributed by atoms with Crippen molar-refractivity contribution in [2.75, 3.05) is 0 Å². The molecule has 0 spiro atoms. The van der Waals surface area contributed by atoms with Gasteiger partial charge in [-0.2, -0.15) is 0 Å². The molecule has 4 nitrogen and oxygen atoms in total. The number of carbonyl (C=O) groups excluding carboxylic acids is 1. The molecule has 1 aromatic carbocycles. The number of nitrogens with one attached hydrogen (secondary N) is 1. The zero-order valence-corrected chi connectivity index (χ0v) is 10.6. The molecule has 0 unspecified atom stereocenters. The number of fused-ring (bicyclic) bond motifs is 3. The van der Waals surface area contributed by atoms with Gasteiger partial charge in [-0.25, -0.2) is 0 Å². The average molecular weight is 285 g/mol. The fourth-order valence-corrected chi connectivity index (χ4v) is 2.52. The Bertz CT molecular complexity index is 748. The van der Waals surface area contributed by atoms with Crippen LogP contribution in [0.15, 0.2) is 30.3 Å². The number of hydrogen-bond acceptors (Lipinski definition) is 2. The summed E-state index contributed by atoms with van der Waals surface area (Å²) in [6.45, 7) is 0. The van der Waals surface area contributed by atoms with Gasteiger partial charge in [0.25, 0.3) is 0 Å². The zero-order valence-electron chi connectivity index (χ0n) is 8.77. The van der Waals surface area contributed by atoms with E-state index in [9.17, 15) is 4.79 Å². The van der Waals surface area contributed by atoms with E-state index < -0.39 is 5.91 Å². The van der Waals surface area contributed by atoms with Gasteiger partial charge in [-0.05, 0) is 0 Å². The summed E-state index contributed by atoms with van der Waals surface area (Å²) in [6, 6.07) is 9.66. The van der Waals surface area contributed by atoms with Gasteiger partial charge in [0.05, 0.1) is 0 Å². The molecule has 82 valence electrons. The Kier molecular flexibility index (Phi) is 2.20. The molecule has 0 atom stereocenters. The van der Waals surface area contributed by atoms with Crippen LogP contribution in [0.25, 0.3) is 21.9 Å². The number of hydrogen-bond donors (Lipinski definition) is 2. The molecule has 3 aromatic rings. The number of amides is 1. The van der Waals surface area contributed by atoms with Gasteiger partial charge in [0.15, 0.2) is 0 Å². The van der Waals surface area contributed by atoms with Crippen molar-refractivity contribution >= 4 is 49.2 Å². The number of primary amides is 1. The Hall–Kier alpha value is -1.80. The third-order valence-electron chi connectivity index (χ3n) is 2.74. The van der Waals surface area contributed by atoms with E-state index in [1.165, 1.54) is 0 Å². The minimum absolute atomic E-state index is 0.447. The monoisotopic (exact) mass is 285 g/mol. The first-order chi connectivity index (χ1) is 8.16. The van der Waals surface area contributed by atoms with Crippen LogP contribution in [0.1, 0.15) is 10.4 Å². The summed E-state index contributed by atoms with van der Waals surface area (Å²) >= 11 is 2.27. The Labute approximate surface area is 106 Å². The van der Waals surface area contributed by atoms with Crippen LogP contribution in [0, 0.1) is 0 Å². The fourth-order valence-electron chi connectivity index (χ4n) is 1.94. The molecule has 1 amide bonds. The molecular weight excluding hydrogens is 277 g/mol. The Morgan fingerprint density at radius 2 is 2.06 bits per heavy atom. The van der Waals surface area contributed by atoms with Crippen LogP contribution in [-0.4, -0.2) is 32.7 Å². The van der Waals surface area contributed by atoms with Crippen LogP contribution in [0.2, 0.25) is 0 Å². The van der Waals surface area contributed by atoms with E-state index in [1.54, 1.807) is 6.07 Å². The predicted octanol–water partition coefficient (Wildman–Crippen LogP) is 0.609. The van der Waals surface area contributed by atoms with Crippen LogP contribution >= 0.6 is 0 Å². The van der Waals surface area contributed by atoms with Crippen LogP contribution in [0.4, 0.5) is 0 Å². The van der Waals surface area contributed by atoms with Gasteiger partial charge in [0.2, 0.25) is 0 Å². The van der Waals surface area contributed by atoms with E-state index >= 15 is 0 Å². The number of aromatic nitrogens is 2. The molecule has 3 rings (SSSR count). The van der Waals surface area contributed by atoms with Gasteiger partial charge in [0, 0.05) is 0 Å². The van der Waals surface area contributed by atoms with Crippen LogP contribution in [0.3, 0.4) is 0 Å². The second-order valence-corrected chi connectivity index (χ2v) is 4.68. The number of nitrogens with two attached hydrogens (primary N) is 1. The number of benzene rings is 1. The molecular formula is C12H8AsN3O. The maximum absolute atomic E-state index is 11.3. The first kappa shape index (κ1) is 10.4. The van der Waals surface area contributed by atoms with E-state index in [1.807, 2.05) is 24.3 Å². The second kappa shape index (κ2) is 3.60. The maximum atomic E-state index is 11.3. The van der Waals surface area contributed by atoms with E-state index in [2.05, 4.69) is 26.8 Å². The molecule has 2 heterocycles. The SMILES string of the molecule is NC(=O)c1cc2c(nc1[As])[nH]c1ccccc12. The zero-order chi connectivity index (χ0) is 12.0. The second-order valence-electron chi connectivity index (χ2n) is 3.79. The first-order valence-electron chi connectivity index (χ1n) is 5.07. The van der Waals surface area contributed by atoms with E-state index in [0.717, 1.165) is 21.9 Å². The molecule has 0 aliphatic carbocycles. The Balaban J connectivity index is 2.47. The summed E-state index contributed by atoms with van der Waals surface area (Å²) in [5.41, 5.74) is 7.54. The summed E-state index contributed by atoms with van der Waals surface area (Å²) in [7, 11) is 0. The molecule has 0 aliphatic heterocycles. The van der Waals surface area contributed by atoms with Crippen LogP contribution in [0.5, 0.6) is 0 Å². The van der Waals surface area contributed by atoms with Crippen molar-refractivity contribution in [1.82, 2.24) is 9.97 Å². The molecule has 0 fully saturated rings. The van der Waals surface area contributed by atoms with Gasteiger partial charge < -0.3 is 0 Å². The molecule has 0 aliphatic rings. The summed E-state index contributed by atoms with van der Waals surface area (Å²) in [5.74, 6) is -0.458. The van der Waals surface area contributed by atoms with Crippen molar-refractivity contribution in [2.45, 2.75) is 0 Å². The van der Waals surface area contributed by atoms with Crippen LogP contribution in [-0.2, 0) is 0 Å². The van der Waals surface area contributed by atoms with Gasteiger partial charge >= 0.3 is 106 Å². The number of pyridine rings is 1. The van der Waals surface area contributed by atoms with Crippen molar-refractivity contribution in [1.29, 1.82) is 0 Å². The number of rotatable bonds is 1. The molecule has 3 N–H and O–H groups in total. The molecule has 0 saturated carbocycles. The fraction of sp³-hybridized carbons (Fsp3) is 0. The standard InChI is InChI=1S/C12H8AsN3O/c13-10-8(11(14)17)5-7-6-3-1-2-4-9(6)15-12(7)16-10/h1-5H,(H2,14,17)(H,15,16). The molecule has 0 saturated heterocycles. The molecule has 17 heavy (non-hydrogen) atoms. The number of nitrogens with zero attached hydrogens (tertiary/aromatic N) is 1. The number of H-pyrrole nitrogens is 1. The number of carbonyl (C=O) groups is 1. The average Bonchev–Trinajstić information content (AvgIpc) is 2.64. The summed E-state index contributed by atoms with van der Waals surface area (Å²) in [5, 5.41) is 1.97. The van der Waals surface area contributed by atoms with Gasteiger partial charge in [0.1, 0.15) is 0 Å². The normalized spacial score (nSPS) is 11.1. The summed E-state index contributed by atoms with van der Waals surface area (Å²) in [4.78, 5) is 18.8. The van der Waals surface area contributed by atoms with Gasteiger partial charge in [-0.15, -0.1) is 0 Å². The summed E-state index contributed by atoms with van der Waals surface area (Å²) < 4.78 is 0.587. The number of para-hydroxylation sites is 1.